The number of anilines is 1. The highest BCUT2D eigenvalue weighted by molar-refractivity contribution is 5.77. The summed E-state index contributed by atoms with van der Waals surface area (Å²) in [4.78, 5) is 10.7. The molecule has 0 heterocycles. The van der Waals surface area contributed by atoms with Gasteiger partial charge in [0, 0.05) is 5.56 Å². The fourth-order valence-electron chi connectivity index (χ4n) is 2.00. The first-order valence-electron chi connectivity index (χ1n) is 5.90. The fraction of sp³-hybridized carbons (Fsp3) is 0.429. The first-order valence-corrected chi connectivity index (χ1v) is 5.90. The Kier molecular flexibility index (Phi) is 4.43. The van der Waals surface area contributed by atoms with E-state index in [2.05, 4.69) is 5.32 Å². The lowest BCUT2D eigenvalue weighted by Crippen LogP contribution is -2.09. The first-order chi connectivity index (χ1) is 8.43. The molecule has 0 fully saturated rings. The van der Waals surface area contributed by atoms with Gasteiger partial charge < -0.3 is 5.32 Å². The molecule has 0 aliphatic heterocycles. The lowest BCUT2D eigenvalue weighted by atomic mass is 9.90. The van der Waals surface area contributed by atoms with Crippen molar-refractivity contribution >= 4 is 12.1 Å². The van der Waals surface area contributed by atoms with E-state index in [1.807, 2.05) is 33.8 Å². The SMILES string of the molecule is CC(C)c1cc(C#N)c(F)c(C(C)C)c1NC=O. The fourth-order valence-corrected chi connectivity index (χ4v) is 2.00. The van der Waals surface area contributed by atoms with Crippen LogP contribution in [0.1, 0.15) is 56.2 Å². The van der Waals surface area contributed by atoms with Crippen molar-refractivity contribution in [3.05, 3.63) is 28.6 Å². The minimum atomic E-state index is -0.541. The van der Waals surface area contributed by atoms with Gasteiger partial charge >= 0.3 is 0 Å². The lowest BCUT2D eigenvalue weighted by Gasteiger charge is -2.20. The van der Waals surface area contributed by atoms with Crippen LogP contribution in [-0.4, -0.2) is 6.41 Å². The van der Waals surface area contributed by atoms with E-state index in [-0.39, 0.29) is 17.4 Å². The highest BCUT2D eigenvalue weighted by Crippen LogP contribution is 2.35. The number of amides is 1. The maximum Gasteiger partial charge on any atom is 0.211 e. The van der Waals surface area contributed by atoms with Crippen molar-refractivity contribution in [3.63, 3.8) is 0 Å². The van der Waals surface area contributed by atoms with Gasteiger partial charge in [0.05, 0.1) is 11.3 Å². The molecule has 3 nitrogen and oxygen atoms in total. The van der Waals surface area contributed by atoms with Crippen LogP contribution in [0.3, 0.4) is 0 Å². The molecule has 0 aromatic heterocycles. The van der Waals surface area contributed by atoms with Crippen LogP contribution in [0.25, 0.3) is 0 Å². The molecular formula is C14H17FN2O. The Labute approximate surface area is 107 Å². The van der Waals surface area contributed by atoms with Gasteiger partial charge in [0.1, 0.15) is 11.9 Å². The van der Waals surface area contributed by atoms with E-state index in [4.69, 9.17) is 5.26 Å². The van der Waals surface area contributed by atoms with Crippen molar-refractivity contribution in [2.24, 2.45) is 0 Å². The Morgan fingerprint density at radius 1 is 1.33 bits per heavy atom. The Balaban J connectivity index is 3.67. The third kappa shape index (κ3) is 2.51. The smallest absolute Gasteiger partial charge is 0.211 e. The van der Waals surface area contributed by atoms with E-state index in [1.165, 1.54) is 6.07 Å². The largest absolute Gasteiger partial charge is 0.328 e. The third-order valence-corrected chi connectivity index (χ3v) is 2.85. The Hall–Kier alpha value is -1.89. The molecule has 1 rings (SSSR count). The number of halogens is 1. The lowest BCUT2D eigenvalue weighted by molar-refractivity contribution is -0.105. The molecule has 0 atom stereocenters. The molecule has 0 bridgehead atoms. The van der Waals surface area contributed by atoms with Crippen LogP contribution in [0.15, 0.2) is 6.07 Å². The summed E-state index contributed by atoms with van der Waals surface area (Å²) in [6.07, 6.45) is 0.540. The number of nitrogens with one attached hydrogen (secondary N) is 1. The predicted octanol–water partition coefficient (Wildman–Crippen LogP) is 3.51. The van der Waals surface area contributed by atoms with Crippen molar-refractivity contribution in [2.45, 2.75) is 39.5 Å². The van der Waals surface area contributed by atoms with Crippen LogP contribution in [0.5, 0.6) is 0 Å². The number of nitrogens with zero attached hydrogens (tertiary/aromatic N) is 1. The number of nitriles is 1. The van der Waals surface area contributed by atoms with Crippen LogP contribution in [0, 0.1) is 17.1 Å². The quantitative estimate of drug-likeness (QED) is 0.829. The Morgan fingerprint density at radius 3 is 2.33 bits per heavy atom. The van der Waals surface area contributed by atoms with Gasteiger partial charge in [-0.1, -0.05) is 27.7 Å². The summed E-state index contributed by atoms with van der Waals surface area (Å²) in [5.74, 6) is -0.558. The summed E-state index contributed by atoms with van der Waals surface area (Å²) in [6, 6.07) is 3.38. The molecule has 0 unspecified atom stereocenters. The molecule has 0 aliphatic carbocycles. The number of benzene rings is 1. The van der Waals surface area contributed by atoms with Crippen molar-refractivity contribution in [1.29, 1.82) is 5.26 Å². The highest BCUT2D eigenvalue weighted by Gasteiger charge is 2.21. The van der Waals surface area contributed by atoms with Gasteiger partial charge in [-0.15, -0.1) is 0 Å². The summed E-state index contributed by atoms with van der Waals surface area (Å²) in [5.41, 5.74) is 1.69. The van der Waals surface area contributed by atoms with Crippen LogP contribution in [-0.2, 0) is 4.79 Å². The zero-order valence-electron chi connectivity index (χ0n) is 11.0. The molecule has 0 aliphatic rings. The monoisotopic (exact) mass is 248 g/mol. The highest BCUT2D eigenvalue weighted by atomic mass is 19.1. The third-order valence-electron chi connectivity index (χ3n) is 2.85. The van der Waals surface area contributed by atoms with Gasteiger partial charge in [0.15, 0.2) is 0 Å². The van der Waals surface area contributed by atoms with Crippen molar-refractivity contribution in [3.8, 4) is 6.07 Å². The van der Waals surface area contributed by atoms with E-state index in [1.54, 1.807) is 0 Å². The average Bonchev–Trinajstić information content (AvgIpc) is 2.28. The number of hydrogen-bond acceptors (Lipinski definition) is 2. The summed E-state index contributed by atoms with van der Waals surface area (Å²) in [6.45, 7) is 7.54. The molecule has 1 aromatic carbocycles. The molecule has 1 amide bonds. The summed E-state index contributed by atoms with van der Waals surface area (Å²) >= 11 is 0. The van der Waals surface area contributed by atoms with Gasteiger partial charge in [-0.2, -0.15) is 5.26 Å². The maximum absolute atomic E-state index is 14.2. The van der Waals surface area contributed by atoms with Crippen LogP contribution >= 0.6 is 0 Å². The minimum Gasteiger partial charge on any atom is -0.328 e. The van der Waals surface area contributed by atoms with Gasteiger partial charge in [0.25, 0.3) is 0 Å². The zero-order valence-corrected chi connectivity index (χ0v) is 11.0. The normalized spacial score (nSPS) is 10.6. The molecule has 0 saturated heterocycles. The van der Waals surface area contributed by atoms with Crippen molar-refractivity contribution < 1.29 is 9.18 Å². The molecule has 1 N–H and O–H groups in total. The molecular weight excluding hydrogens is 231 g/mol. The molecule has 0 saturated carbocycles. The second-order valence-electron chi connectivity index (χ2n) is 4.80. The van der Waals surface area contributed by atoms with E-state index < -0.39 is 5.82 Å². The van der Waals surface area contributed by atoms with E-state index in [0.29, 0.717) is 17.7 Å². The molecule has 4 heteroatoms. The van der Waals surface area contributed by atoms with Crippen molar-refractivity contribution in [1.82, 2.24) is 0 Å². The topological polar surface area (TPSA) is 52.9 Å². The van der Waals surface area contributed by atoms with Gasteiger partial charge in [0.2, 0.25) is 6.41 Å². The molecule has 1 aromatic rings. The second kappa shape index (κ2) is 5.63. The van der Waals surface area contributed by atoms with Crippen LogP contribution in [0.2, 0.25) is 0 Å². The number of rotatable bonds is 4. The maximum atomic E-state index is 14.2. The number of carbonyl (C=O) groups is 1. The summed E-state index contributed by atoms with van der Waals surface area (Å²) in [7, 11) is 0. The van der Waals surface area contributed by atoms with E-state index in [0.717, 1.165) is 5.56 Å². The Morgan fingerprint density at radius 2 is 1.94 bits per heavy atom. The van der Waals surface area contributed by atoms with E-state index in [9.17, 15) is 9.18 Å². The van der Waals surface area contributed by atoms with Crippen LogP contribution < -0.4 is 5.32 Å². The van der Waals surface area contributed by atoms with Crippen molar-refractivity contribution in [2.75, 3.05) is 5.32 Å². The standard InChI is InChI=1S/C14H17FN2O/c1-8(2)11-5-10(6-16)13(15)12(9(3)4)14(11)17-7-18/h5,7-9H,1-4H3,(H,17,18). The predicted molar refractivity (Wildman–Crippen MR) is 69.0 cm³/mol. The van der Waals surface area contributed by atoms with E-state index >= 15 is 0 Å². The second-order valence-corrected chi connectivity index (χ2v) is 4.80. The average molecular weight is 248 g/mol. The first kappa shape index (κ1) is 14.2. The number of hydrogen-bond donors (Lipinski definition) is 1. The number of carbonyl (C=O) groups excluding carboxylic acids is 1. The Bertz CT molecular complexity index is 501. The van der Waals surface area contributed by atoms with Gasteiger partial charge in [-0.25, -0.2) is 4.39 Å². The molecule has 0 radical (unpaired) electrons. The van der Waals surface area contributed by atoms with Crippen LogP contribution in [0.4, 0.5) is 10.1 Å². The van der Waals surface area contributed by atoms with Gasteiger partial charge in [-0.3, -0.25) is 4.79 Å². The molecule has 96 valence electrons. The minimum absolute atomic E-state index is 0.0267. The summed E-state index contributed by atoms with van der Waals surface area (Å²) < 4.78 is 14.2. The zero-order chi connectivity index (χ0) is 13.9. The summed E-state index contributed by atoms with van der Waals surface area (Å²) in [5, 5.41) is 11.5. The van der Waals surface area contributed by atoms with Gasteiger partial charge in [-0.05, 0) is 23.5 Å². The molecule has 0 spiro atoms. The molecule has 18 heavy (non-hydrogen) atoms.